The third-order valence-electron chi connectivity index (χ3n) is 7.68. The average Bonchev–Trinajstić information content (AvgIpc) is 3.46. The Morgan fingerprint density at radius 3 is 2.70 bits per heavy atom. The van der Waals surface area contributed by atoms with Crippen molar-refractivity contribution in [2.24, 2.45) is 0 Å². The number of H-pyrrole nitrogens is 1. The summed E-state index contributed by atoms with van der Waals surface area (Å²) in [6.45, 7) is 0.560. The molecule has 43 heavy (non-hydrogen) atoms. The molecule has 5 aromatic rings. The maximum atomic E-state index is 13.4. The van der Waals surface area contributed by atoms with Crippen molar-refractivity contribution in [1.82, 2.24) is 10.3 Å². The Morgan fingerprint density at radius 2 is 1.88 bits per heavy atom. The number of hydrogen-bond acceptors (Lipinski definition) is 7. The number of amides is 1. The highest BCUT2D eigenvalue weighted by Gasteiger charge is 2.30. The van der Waals surface area contributed by atoms with Crippen molar-refractivity contribution >= 4 is 27.8 Å². The van der Waals surface area contributed by atoms with Gasteiger partial charge >= 0.3 is 0 Å². The van der Waals surface area contributed by atoms with E-state index in [1.807, 2.05) is 54.7 Å². The van der Waals surface area contributed by atoms with Crippen molar-refractivity contribution in [3.8, 4) is 5.75 Å². The molecule has 6 rings (SSSR count). The molecular formula is C34H32N2O7. The molecule has 3 aromatic carbocycles. The van der Waals surface area contributed by atoms with Gasteiger partial charge in [-0.05, 0) is 59.5 Å². The Bertz CT molecular complexity index is 1840. The summed E-state index contributed by atoms with van der Waals surface area (Å²) in [5.41, 5.74) is 4.50. The molecule has 0 fully saturated rings. The van der Waals surface area contributed by atoms with Crippen LogP contribution in [0.5, 0.6) is 5.75 Å². The largest absolute Gasteiger partial charge is 0.497 e. The maximum absolute atomic E-state index is 13.4. The highest BCUT2D eigenvalue weighted by Crippen LogP contribution is 2.31. The number of carbonyl (C=O) groups excluding carboxylic acids is 1. The molecule has 2 atom stereocenters. The van der Waals surface area contributed by atoms with Gasteiger partial charge in [0, 0.05) is 41.5 Å². The fraction of sp³-hybridized carbons (Fsp3) is 0.235. The van der Waals surface area contributed by atoms with Crippen molar-refractivity contribution in [3.63, 3.8) is 0 Å². The predicted octanol–water partition coefficient (Wildman–Crippen LogP) is 5.06. The molecule has 9 nitrogen and oxygen atoms in total. The first kappa shape index (κ1) is 28.3. The monoisotopic (exact) mass is 580 g/mol. The highest BCUT2D eigenvalue weighted by molar-refractivity contribution is 5.92. The number of aromatic amines is 1. The molecule has 9 heteroatoms. The summed E-state index contributed by atoms with van der Waals surface area (Å²) >= 11 is 0. The van der Waals surface area contributed by atoms with Gasteiger partial charge in [-0.25, -0.2) is 0 Å². The number of ether oxygens (including phenoxy) is 3. The van der Waals surface area contributed by atoms with Crippen molar-refractivity contribution in [1.29, 1.82) is 0 Å². The van der Waals surface area contributed by atoms with E-state index < -0.39 is 18.1 Å². The Hall–Kier alpha value is -4.86. The second kappa shape index (κ2) is 12.6. The summed E-state index contributed by atoms with van der Waals surface area (Å²) < 4.78 is 23.2. The van der Waals surface area contributed by atoms with Gasteiger partial charge in [0.2, 0.25) is 6.29 Å². The van der Waals surface area contributed by atoms with Crippen LogP contribution in [0.1, 0.15) is 34.6 Å². The maximum Gasteiger partial charge on any atom is 0.286 e. The number of nitrogens with one attached hydrogen (secondary N) is 2. The number of carbonyl (C=O) groups is 1. The molecule has 0 bridgehead atoms. The van der Waals surface area contributed by atoms with E-state index in [4.69, 9.17) is 18.6 Å². The van der Waals surface area contributed by atoms with Gasteiger partial charge in [0.25, 0.3) is 5.91 Å². The Balaban J connectivity index is 1.20. The van der Waals surface area contributed by atoms with Gasteiger partial charge in [-0.1, -0.05) is 36.4 Å². The van der Waals surface area contributed by atoms with Crippen LogP contribution < -0.4 is 15.5 Å². The number of aliphatic hydroxyl groups is 1. The van der Waals surface area contributed by atoms with Crippen LogP contribution in [0.4, 0.5) is 0 Å². The molecule has 1 aliphatic heterocycles. The van der Waals surface area contributed by atoms with Crippen molar-refractivity contribution in [3.05, 3.63) is 124 Å². The Labute approximate surface area is 247 Å². The molecule has 2 aromatic heterocycles. The minimum atomic E-state index is -0.778. The lowest BCUT2D eigenvalue weighted by atomic mass is 9.93. The zero-order valence-electron chi connectivity index (χ0n) is 23.7. The molecule has 1 aliphatic rings. The van der Waals surface area contributed by atoms with Gasteiger partial charge in [-0.2, -0.15) is 0 Å². The zero-order valence-corrected chi connectivity index (χ0v) is 23.7. The SMILES string of the molecule is COc1ccc2[nH]cc(CCNC(=O)C3=CC(c4coc5ccccc5c4=O)CC(OCc4ccc(CO)cc4)O3)c2c1. The van der Waals surface area contributed by atoms with E-state index >= 15 is 0 Å². The van der Waals surface area contributed by atoms with Gasteiger partial charge in [-0.3, -0.25) is 9.59 Å². The average molecular weight is 581 g/mol. The zero-order chi connectivity index (χ0) is 29.8. The summed E-state index contributed by atoms with van der Waals surface area (Å²) in [4.78, 5) is 30.0. The van der Waals surface area contributed by atoms with Crippen LogP contribution in [0.3, 0.4) is 0 Å². The predicted molar refractivity (Wildman–Crippen MR) is 162 cm³/mol. The summed E-state index contributed by atoms with van der Waals surface area (Å²) in [5, 5.41) is 13.8. The fourth-order valence-electron chi connectivity index (χ4n) is 5.30. The van der Waals surface area contributed by atoms with Gasteiger partial charge in [0.1, 0.15) is 11.3 Å². The second-order valence-corrected chi connectivity index (χ2v) is 10.5. The van der Waals surface area contributed by atoms with E-state index in [9.17, 15) is 14.7 Å². The van der Waals surface area contributed by atoms with E-state index in [2.05, 4.69) is 10.3 Å². The summed E-state index contributed by atoms with van der Waals surface area (Å²) in [7, 11) is 1.63. The number of aromatic nitrogens is 1. The van der Waals surface area contributed by atoms with Gasteiger partial charge in [0.05, 0.1) is 32.0 Å². The molecule has 0 aliphatic carbocycles. The van der Waals surface area contributed by atoms with Crippen LogP contribution in [0, 0.1) is 0 Å². The molecule has 0 saturated heterocycles. The minimum absolute atomic E-state index is 0.0410. The van der Waals surface area contributed by atoms with Crippen LogP contribution in [-0.4, -0.2) is 35.9 Å². The molecule has 220 valence electrons. The fourth-order valence-corrected chi connectivity index (χ4v) is 5.30. The van der Waals surface area contributed by atoms with Crippen LogP contribution in [-0.2, 0) is 33.9 Å². The van der Waals surface area contributed by atoms with E-state index in [-0.39, 0.29) is 24.4 Å². The van der Waals surface area contributed by atoms with E-state index in [0.29, 0.717) is 35.9 Å². The smallest absolute Gasteiger partial charge is 0.286 e. The molecule has 3 heterocycles. The van der Waals surface area contributed by atoms with Crippen LogP contribution in [0.2, 0.25) is 0 Å². The number of fused-ring (bicyclic) bond motifs is 2. The first-order valence-corrected chi connectivity index (χ1v) is 14.1. The third kappa shape index (κ3) is 6.18. The Morgan fingerprint density at radius 1 is 1.07 bits per heavy atom. The molecule has 0 radical (unpaired) electrons. The number of rotatable bonds is 10. The van der Waals surface area contributed by atoms with Crippen molar-refractivity contribution < 1.29 is 28.5 Å². The first-order chi connectivity index (χ1) is 21.0. The molecule has 3 N–H and O–H groups in total. The lowest BCUT2D eigenvalue weighted by molar-refractivity contribution is -0.150. The third-order valence-corrected chi connectivity index (χ3v) is 7.68. The van der Waals surface area contributed by atoms with Crippen LogP contribution >= 0.6 is 0 Å². The normalized spacial score (nSPS) is 16.6. The number of hydrogen-bond donors (Lipinski definition) is 3. The quantitative estimate of drug-likeness (QED) is 0.211. The number of benzene rings is 3. The first-order valence-electron chi connectivity index (χ1n) is 14.1. The van der Waals surface area contributed by atoms with E-state index in [0.717, 1.165) is 33.3 Å². The minimum Gasteiger partial charge on any atom is -0.497 e. The van der Waals surface area contributed by atoms with Gasteiger partial charge in [0.15, 0.2) is 11.2 Å². The van der Waals surface area contributed by atoms with Gasteiger partial charge in [-0.15, -0.1) is 0 Å². The van der Waals surface area contributed by atoms with Crippen LogP contribution in [0.15, 0.2) is 100 Å². The lowest BCUT2D eigenvalue weighted by Crippen LogP contribution is -2.34. The summed E-state index contributed by atoms with van der Waals surface area (Å²) in [5.74, 6) is -0.00540. The van der Waals surface area contributed by atoms with Crippen LogP contribution in [0.25, 0.3) is 21.9 Å². The Kier molecular flexibility index (Phi) is 8.26. The standard InChI is InChI=1S/C34H32N2O7/c1-40-25-10-11-29-27(16-25)23(17-36-29)12-13-35-34(39)31-14-24(28-20-41-30-5-3-2-4-26(30)33(28)38)15-32(43-31)42-19-22-8-6-21(18-37)7-9-22/h2-11,14,16-17,20,24,32,36-37H,12-13,15,18-19H2,1H3,(H,35,39). The summed E-state index contributed by atoms with van der Waals surface area (Å²) in [6, 6.07) is 20.3. The number of allylic oxidation sites excluding steroid dienone is 1. The van der Waals surface area contributed by atoms with Gasteiger partial charge < -0.3 is 34.0 Å². The molecular weight excluding hydrogens is 548 g/mol. The van der Waals surface area contributed by atoms with Crippen molar-refractivity contribution in [2.45, 2.75) is 38.3 Å². The second-order valence-electron chi connectivity index (χ2n) is 10.5. The number of para-hydroxylation sites is 1. The van der Waals surface area contributed by atoms with E-state index in [1.54, 1.807) is 31.4 Å². The topological polar surface area (TPSA) is 123 Å². The molecule has 2 unspecified atom stereocenters. The summed E-state index contributed by atoms with van der Waals surface area (Å²) in [6.07, 6.45) is 5.20. The molecule has 0 spiro atoms. The number of methoxy groups -OCH3 is 1. The highest BCUT2D eigenvalue weighted by atomic mass is 16.7. The van der Waals surface area contributed by atoms with E-state index in [1.165, 1.54) is 6.26 Å². The number of aliphatic hydroxyl groups excluding tert-OH is 1. The lowest BCUT2D eigenvalue weighted by Gasteiger charge is -2.29. The van der Waals surface area contributed by atoms with Crippen molar-refractivity contribution in [2.75, 3.05) is 13.7 Å². The molecule has 0 saturated carbocycles. The molecule has 1 amide bonds.